The van der Waals surface area contributed by atoms with Crippen LogP contribution in [0.1, 0.15) is 50.7 Å². The number of fused-ring (bicyclic) bond motifs is 2. The minimum absolute atomic E-state index is 0.0492. The molecule has 3 N–H and O–H groups in total. The molecule has 0 saturated carbocycles. The van der Waals surface area contributed by atoms with Crippen molar-refractivity contribution in [1.29, 1.82) is 0 Å². The lowest BCUT2D eigenvalue weighted by Gasteiger charge is -2.37. The number of hydrogen-bond donors (Lipinski definition) is 3. The normalized spacial score (nSPS) is 15.8. The number of aromatic nitrogens is 1. The molecule has 2 aliphatic heterocycles. The molecular formula is C49H44Cl2N4O7. The number of hydrogen-bond acceptors (Lipinski definition) is 7. The van der Waals surface area contributed by atoms with Crippen molar-refractivity contribution in [2.45, 2.75) is 64.6 Å². The molecule has 3 heterocycles. The van der Waals surface area contributed by atoms with Crippen LogP contribution in [0.25, 0.3) is 11.1 Å². The standard InChI is InChI=1S/C49H44Cl2N4O7/c1-29-30(2)52-19-18-39(29)34-11-8-31(9-12-34)21-42(48(57)58)54-47(56)43-22-36-23-44-45(24-37(36)26-55(43)49(59)53-25-32-6-4-3-5-7-32)62-46(28-61-44)35-13-15-38(16-14-35)60-27-33-10-17-40(50)41(51)20-33/h3-20,23-24,42-43,46H,21-22,25-28H2,1-2H3,(H,53,59)(H,54,56)(H,57,58)/t42?,43-,46+/m0/s1. The Hall–Kier alpha value is -6.56. The fraction of sp³-hybridized carbons (Fsp3) is 0.224. The van der Waals surface area contributed by atoms with Gasteiger partial charge in [-0.3, -0.25) is 9.78 Å². The quantitative estimate of drug-likeness (QED) is 0.111. The van der Waals surface area contributed by atoms with Gasteiger partial charge in [-0.15, -0.1) is 0 Å². The lowest BCUT2D eigenvalue weighted by atomic mass is 9.92. The number of benzene rings is 5. The molecule has 6 aromatic rings. The van der Waals surface area contributed by atoms with Crippen molar-refractivity contribution in [2.75, 3.05) is 6.61 Å². The summed E-state index contributed by atoms with van der Waals surface area (Å²) >= 11 is 12.2. The fourth-order valence-corrected chi connectivity index (χ4v) is 8.01. The van der Waals surface area contributed by atoms with Crippen LogP contribution in [-0.2, 0) is 42.1 Å². The third kappa shape index (κ3) is 9.64. The molecule has 0 saturated heterocycles. The number of aliphatic carboxylic acids is 1. The molecule has 0 radical (unpaired) electrons. The average molecular weight is 872 g/mol. The van der Waals surface area contributed by atoms with Crippen LogP contribution in [-0.4, -0.2) is 51.6 Å². The number of amides is 3. The summed E-state index contributed by atoms with van der Waals surface area (Å²) in [6.45, 7) is 4.86. The molecule has 0 aliphatic carbocycles. The lowest BCUT2D eigenvalue weighted by Crippen LogP contribution is -2.57. The molecule has 5 aromatic carbocycles. The highest BCUT2D eigenvalue weighted by molar-refractivity contribution is 6.42. The number of carbonyl (C=O) groups is 3. The first-order valence-electron chi connectivity index (χ1n) is 20.2. The average Bonchev–Trinajstić information content (AvgIpc) is 3.28. The Labute approximate surface area is 369 Å². The van der Waals surface area contributed by atoms with Crippen LogP contribution in [0, 0.1) is 13.8 Å². The first-order valence-corrected chi connectivity index (χ1v) is 21.0. The summed E-state index contributed by atoms with van der Waals surface area (Å²) in [6, 6.07) is 33.0. The van der Waals surface area contributed by atoms with E-state index in [1.165, 1.54) is 4.90 Å². The monoisotopic (exact) mass is 870 g/mol. The first-order chi connectivity index (χ1) is 30.0. The van der Waals surface area contributed by atoms with Crippen LogP contribution in [0.3, 0.4) is 0 Å². The van der Waals surface area contributed by atoms with Gasteiger partial charge >= 0.3 is 12.0 Å². The molecule has 62 heavy (non-hydrogen) atoms. The molecule has 13 heteroatoms. The van der Waals surface area contributed by atoms with Crippen LogP contribution >= 0.6 is 23.2 Å². The minimum Gasteiger partial charge on any atom is -0.489 e. The topological polar surface area (TPSA) is 139 Å². The number of carbonyl (C=O) groups excluding carboxylic acids is 2. The van der Waals surface area contributed by atoms with Gasteiger partial charge in [0.2, 0.25) is 5.91 Å². The van der Waals surface area contributed by atoms with Crippen molar-refractivity contribution in [1.82, 2.24) is 20.5 Å². The molecule has 0 bridgehead atoms. The molecular weight excluding hydrogens is 827 g/mol. The number of carboxylic acid groups (broad SMARTS) is 1. The van der Waals surface area contributed by atoms with Crippen molar-refractivity contribution in [3.05, 3.63) is 176 Å². The number of halogens is 2. The van der Waals surface area contributed by atoms with Crippen LogP contribution in [0.15, 0.2) is 121 Å². The van der Waals surface area contributed by atoms with Crippen LogP contribution in [0.5, 0.6) is 17.2 Å². The Morgan fingerprint density at radius 1 is 0.855 bits per heavy atom. The van der Waals surface area contributed by atoms with Gasteiger partial charge in [0.25, 0.3) is 0 Å². The van der Waals surface area contributed by atoms with Gasteiger partial charge in [0, 0.05) is 37.8 Å². The number of carboxylic acids is 1. The van der Waals surface area contributed by atoms with Crippen molar-refractivity contribution in [3.63, 3.8) is 0 Å². The van der Waals surface area contributed by atoms with E-state index in [1.54, 1.807) is 18.3 Å². The third-order valence-corrected chi connectivity index (χ3v) is 12.1. The van der Waals surface area contributed by atoms with Crippen molar-refractivity contribution >= 4 is 41.1 Å². The molecule has 3 amide bonds. The third-order valence-electron chi connectivity index (χ3n) is 11.3. The summed E-state index contributed by atoms with van der Waals surface area (Å²) in [6.07, 6.45) is 1.54. The van der Waals surface area contributed by atoms with Gasteiger partial charge in [-0.1, -0.05) is 96.0 Å². The van der Waals surface area contributed by atoms with Gasteiger partial charge in [0.05, 0.1) is 10.0 Å². The van der Waals surface area contributed by atoms with E-state index in [-0.39, 0.29) is 32.5 Å². The second-order valence-electron chi connectivity index (χ2n) is 15.5. The highest BCUT2D eigenvalue weighted by Gasteiger charge is 2.38. The summed E-state index contributed by atoms with van der Waals surface area (Å²) < 4.78 is 18.7. The Morgan fingerprint density at radius 3 is 2.34 bits per heavy atom. The molecule has 3 atom stereocenters. The van der Waals surface area contributed by atoms with Crippen molar-refractivity contribution < 1.29 is 33.7 Å². The van der Waals surface area contributed by atoms with E-state index in [0.29, 0.717) is 33.9 Å². The number of pyridine rings is 1. The summed E-state index contributed by atoms with van der Waals surface area (Å²) in [5, 5.41) is 17.0. The van der Waals surface area contributed by atoms with E-state index in [1.807, 2.05) is 117 Å². The van der Waals surface area contributed by atoms with E-state index in [0.717, 1.165) is 55.8 Å². The van der Waals surface area contributed by atoms with Crippen LogP contribution < -0.4 is 24.8 Å². The van der Waals surface area contributed by atoms with Crippen molar-refractivity contribution in [2.24, 2.45) is 0 Å². The van der Waals surface area contributed by atoms with Gasteiger partial charge in [-0.2, -0.15) is 0 Å². The molecule has 0 spiro atoms. The van der Waals surface area contributed by atoms with E-state index >= 15 is 0 Å². The maximum absolute atomic E-state index is 14.2. The van der Waals surface area contributed by atoms with E-state index in [9.17, 15) is 19.5 Å². The summed E-state index contributed by atoms with van der Waals surface area (Å²) in [7, 11) is 0. The van der Waals surface area contributed by atoms with E-state index in [4.69, 9.17) is 37.4 Å². The SMILES string of the molecule is Cc1nccc(-c2ccc(CC(NC(=O)[C@@H]3Cc4cc5c(cc4CN3C(=O)NCc3ccccc3)O[C@@H](c3ccc(OCc4ccc(Cl)c(Cl)c4)cc3)CO5)C(=O)O)cc2)c1C. The largest absolute Gasteiger partial charge is 0.489 e. The molecule has 2 aliphatic rings. The Balaban J connectivity index is 0.975. The smallest absolute Gasteiger partial charge is 0.326 e. The fourth-order valence-electron chi connectivity index (χ4n) is 7.69. The Morgan fingerprint density at radius 2 is 1.60 bits per heavy atom. The van der Waals surface area contributed by atoms with Gasteiger partial charge < -0.3 is 34.9 Å². The molecule has 0 fully saturated rings. The number of aryl methyl sites for hydroxylation is 1. The van der Waals surface area contributed by atoms with Gasteiger partial charge in [-0.05, 0) is 106 Å². The number of rotatable bonds is 12. The van der Waals surface area contributed by atoms with Crippen molar-refractivity contribution in [3.8, 4) is 28.4 Å². The number of urea groups is 1. The summed E-state index contributed by atoms with van der Waals surface area (Å²) in [4.78, 5) is 46.6. The second-order valence-corrected chi connectivity index (χ2v) is 16.3. The molecule has 1 unspecified atom stereocenters. The molecule has 1 aromatic heterocycles. The highest BCUT2D eigenvalue weighted by Crippen LogP contribution is 2.41. The zero-order valence-corrected chi connectivity index (χ0v) is 35.6. The lowest BCUT2D eigenvalue weighted by molar-refractivity contribution is -0.142. The first kappa shape index (κ1) is 42.1. The van der Waals surface area contributed by atoms with Gasteiger partial charge in [-0.25, -0.2) is 9.59 Å². The second kappa shape index (κ2) is 18.6. The zero-order valence-electron chi connectivity index (χ0n) is 34.1. The molecule has 316 valence electrons. The maximum atomic E-state index is 14.2. The Kier molecular flexibility index (Phi) is 12.6. The summed E-state index contributed by atoms with van der Waals surface area (Å²) in [5.74, 6) is -0.0493. The molecule has 11 nitrogen and oxygen atoms in total. The van der Waals surface area contributed by atoms with Crippen LogP contribution in [0.2, 0.25) is 10.0 Å². The van der Waals surface area contributed by atoms with E-state index < -0.39 is 36.1 Å². The maximum Gasteiger partial charge on any atom is 0.326 e. The van der Waals surface area contributed by atoms with Crippen LogP contribution in [0.4, 0.5) is 4.79 Å². The highest BCUT2D eigenvalue weighted by atomic mass is 35.5. The number of ether oxygens (including phenoxy) is 3. The zero-order chi connectivity index (χ0) is 43.3. The van der Waals surface area contributed by atoms with E-state index in [2.05, 4.69) is 15.6 Å². The van der Waals surface area contributed by atoms with Gasteiger partial charge in [0.15, 0.2) is 17.6 Å². The number of nitrogens with zero attached hydrogens (tertiary/aromatic N) is 2. The molecule has 8 rings (SSSR count). The number of nitrogens with one attached hydrogen (secondary N) is 2. The summed E-state index contributed by atoms with van der Waals surface area (Å²) in [5.41, 5.74) is 9.02. The van der Waals surface area contributed by atoms with Gasteiger partial charge in [0.1, 0.15) is 31.0 Å². The predicted molar refractivity (Wildman–Crippen MR) is 237 cm³/mol. The Bertz CT molecular complexity index is 2610. The minimum atomic E-state index is -1.24. The predicted octanol–water partition coefficient (Wildman–Crippen LogP) is 9.21.